The number of nitriles is 1. The van der Waals surface area contributed by atoms with Crippen LogP contribution in [0.3, 0.4) is 0 Å². The maximum Gasteiger partial charge on any atom is 0.124 e. The zero-order valence-electron chi connectivity index (χ0n) is 7.31. The zero-order chi connectivity index (χ0) is 9.97. The summed E-state index contributed by atoms with van der Waals surface area (Å²) in [5.41, 5.74) is 1.51. The van der Waals surface area contributed by atoms with E-state index in [4.69, 9.17) is 16.9 Å². The molecule has 2 aromatic rings. The van der Waals surface area contributed by atoms with E-state index in [1.54, 1.807) is 16.7 Å². The molecule has 2 nitrogen and oxygen atoms in total. The SMILES string of the molecule is N#Cc1cccn1-c1cccc(Cl)c1. The van der Waals surface area contributed by atoms with E-state index in [0.29, 0.717) is 10.7 Å². The van der Waals surface area contributed by atoms with Crippen LogP contribution in [0.15, 0.2) is 42.6 Å². The molecule has 0 fully saturated rings. The van der Waals surface area contributed by atoms with Gasteiger partial charge in [0.2, 0.25) is 0 Å². The first kappa shape index (κ1) is 8.86. The lowest BCUT2D eigenvalue weighted by Gasteiger charge is -2.04. The topological polar surface area (TPSA) is 28.7 Å². The third-order valence-corrected chi connectivity index (χ3v) is 2.18. The molecule has 0 radical (unpaired) electrons. The average Bonchev–Trinajstić information content (AvgIpc) is 2.65. The van der Waals surface area contributed by atoms with E-state index < -0.39 is 0 Å². The van der Waals surface area contributed by atoms with E-state index >= 15 is 0 Å². The zero-order valence-corrected chi connectivity index (χ0v) is 8.07. The maximum absolute atomic E-state index is 8.83. The van der Waals surface area contributed by atoms with Crippen LogP contribution in [-0.2, 0) is 0 Å². The predicted octanol–water partition coefficient (Wildman–Crippen LogP) is 3.00. The monoisotopic (exact) mass is 202 g/mol. The number of nitrogens with zero attached hydrogens (tertiary/aromatic N) is 2. The van der Waals surface area contributed by atoms with Crippen LogP contribution in [0.4, 0.5) is 0 Å². The van der Waals surface area contributed by atoms with Crippen LogP contribution < -0.4 is 0 Å². The molecule has 68 valence electrons. The van der Waals surface area contributed by atoms with Crippen LogP contribution in [0.2, 0.25) is 5.02 Å². The molecular weight excluding hydrogens is 196 g/mol. The molecule has 0 aliphatic carbocycles. The Morgan fingerprint density at radius 1 is 1.21 bits per heavy atom. The van der Waals surface area contributed by atoms with E-state index in [-0.39, 0.29) is 0 Å². The molecule has 0 N–H and O–H groups in total. The van der Waals surface area contributed by atoms with Crippen molar-refractivity contribution in [3.63, 3.8) is 0 Å². The van der Waals surface area contributed by atoms with Gasteiger partial charge in [-0.2, -0.15) is 5.26 Å². The Hall–Kier alpha value is -1.72. The summed E-state index contributed by atoms with van der Waals surface area (Å²) in [6.45, 7) is 0. The summed E-state index contributed by atoms with van der Waals surface area (Å²) in [6, 6.07) is 13.1. The van der Waals surface area contributed by atoms with Crippen molar-refractivity contribution < 1.29 is 0 Å². The van der Waals surface area contributed by atoms with Gasteiger partial charge in [-0.25, -0.2) is 0 Å². The van der Waals surface area contributed by atoms with Gasteiger partial charge < -0.3 is 4.57 Å². The molecule has 0 aliphatic rings. The minimum absolute atomic E-state index is 0.604. The van der Waals surface area contributed by atoms with Gasteiger partial charge in [0.05, 0.1) is 0 Å². The Bertz CT molecular complexity index is 494. The fourth-order valence-corrected chi connectivity index (χ4v) is 1.51. The predicted molar refractivity (Wildman–Crippen MR) is 55.5 cm³/mol. The summed E-state index contributed by atoms with van der Waals surface area (Å²) >= 11 is 5.86. The van der Waals surface area contributed by atoms with Crippen molar-refractivity contribution in [2.45, 2.75) is 0 Å². The fraction of sp³-hybridized carbons (Fsp3) is 0. The smallest absolute Gasteiger partial charge is 0.124 e. The first-order valence-electron chi connectivity index (χ1n) is 4.14. The van der Waals surface area contributed by atoms with Gasteiger partial charge in [-0.15, -0.1) is 0 Å². The van der Waals surface area contributed by atoms with Gasteiger partial charge >= 0.3 is 0 Å². The van der Waals surface area contributed by atoms with E-state index in [1.165, 1.54) is 0 Å². The molecule has 0 atom stereocenters. The van der Waals surface area contributed by atoms with Crippen LogP contribution in [0.1, 0.15) is 5.69 Å². The van der Waals surface area contributed by atoms with Crippen LogP contribution in [0.5, 0.6) is 0 Å². The highest BCUT2D eigenvalue weighted by atomic mass is 35.5. The van der Waals surface area contributed by atoms with Gasteiger partial charge in [-0.3, -0.25) is 0 Å². The molecule has 3 heteroatoms. The standard InChI is InChI=1S/C11H7ClN2/c12-9-3-1-4-10(7-9)14-6-2-5-11(14)8-13/h1-7H. The summed E-state index contributed by atoms with van der Waals surface area (Å²) in [5.74, 6) is 0. The van der Waals surface area contributed by atoms with E-state index in [1.807, 2.05) is 30.5 Å². The van der Waals surface area contributed by atoms with Crippen molar-refractivity contribution in [1.29, 1.82) is 5.26 Å². The summed E-state index contributed by atoms with van der Waals surface area (Å²) in [4.78, 5) is 0. The normalized spacial score (nSPS) is 9.71. The number of rotatable bonds is 1. The third kappa shape index (κ3) is 1.50. The second-order valence-electron chi connectivity index (χ2n) is 2.86. The number of benzene rings is 1. The molecule has 1 aromatic carbocycles. The number of halogens is 1. The molecule has 0 saturated carbocycles. The van der Waals surface area contributed by atoms with Crippen molar-refractivity contribution in [1.82, 2.24) is 4.57 Å². The van der Waals surface area contributed by atoms with Crippen LogP contribution in [0, 0.1) is 11.3 Å². The largest absolute Gasteiger partial charge is 0.308 e. The lowest BCUT2D eigenvalue weighted by atomic mass is 10.3. The molecule has 0 bridgehead atoms. The third-order valence-electron chi connectivity index (χ3n) is 1.95. The molecule has 1 aromatic heterocycles. The molecule has 0 aliphatic heterocycles. The van der Waals surface area contributed by atoms with Crippen LogP contribution >= 0.6 is 11.6 Å². The highest BCUT2D eigenvalue weighted by Crippen LogP contribution is 2.16. The molecule has 2 rings (SSSR count). The lowest BCUT2D eigenvalue weighted by molar-refractivity contribution is 1.05. The highest BCUT2D eigenvalue weighted by molar-refractivity contribution is 6.30. The Kier molecular flexibility index (Phi) is 2.26. The summed E-state index contributed by atoms with van der Waals surface area (Å²) in [5, 5.41) is 9.50. The first-order valence-corrected chi connectivity index (χ1v) is 4.52. The van der Waals surface area contributed by atoms with Crippen molar-refractivity contribution in [3.8, 4) is 11.8 Å². The molecular formula is C11H7ClN2. The summed E-state index contributed by atoms with van der Waals surface area (Å²) in [7, 11) is 0. The molecule has 1 heterocycles. The van der Waals surface area contributed by atoms with E-state index in [2.05, 4.69) is 6.07 Å². The van der Waals surface area contributed by atoms with E-state index in [9.17, 15) is 0 Å². The number of hydrogen-bond donors (Lipinski definition) is 0. The maximum atomic E-state index is 8.83. The van der Waals surface area contributed by atoms with Gasteiger partial charge in [-0.1, -0.05) is 17.7 Å². The van der Waals surface area contributed by atoms with Crippen molar-refractivity contribution in [2.24, 2.45) is 0 Å². The van der Waals surface area contributed by atoms with Crippen LogP contribution in [0.25, 0.3) is 5.69 Å². The van der Waals surface area contributed by atoms with Gasteiger partial charge in [0.25, 0.3) is 0 Å². The molecule has 0 spiro atoms. The van der Waals surface area contributed by atoms with Gasteiger partial charge in [0.15, 0.2) is 0 Å². The van der Waals surface area contributed by atoms with Crippen molar-refractivity contribution >= 4 is 11.6 Å². The number of hydrogen-bond acceptors (Lipinski definition) is 1. The average molecular weight is 203 g/mol. The molecule has 0 saturated heterocycles. The van der Waals surface area contributed by atoms with E-state index in [0.717, 1.165) is 5.69 Å². The quantitative estimate of drug-likeness (QED) is 0.699. The molecule has 0 amide bonds. The van der Waals surface area contributed by atoms with Gasteiger partial charge in [-0.05, 0) is 30.3 Å². The fourth-order valence-electron chi connectivity index (χ4n) is 1.32. The molecule has 14 heavy (non-hydrogen) atoms. The lowest BCUT2D eigenvalue weighted by Crippen LogP contribution is -1.94. The van der Waals surface area contributed by atoms with Gasteiger partial charge in [0.1, 0.15) is 11.8 Å². The van der Waals surface area contributed by atoms with Crippen molar-refractivity contribution in [3.05, 3.63) is 53.3 Å². The second-order valence-corrected chi connectivity index (χ2v) is 3.29. The summed E-state index contributed by atoms with van der Waals surface area (Å²) < 4.78 is 1.80. The Morgan fingerprint density at radius 2 is 2.07 bits per heavy atom. The summed E-state index contributed by atoms with van der Waals surface area (Å²) in [6.07, 6.45) is 1.84. The van der Waals surface area contributed by atoms with Gasteiger partial charge in [0, 0.05) is 16.9 Å². The van der Waals surface area contributed by atoms with Crippen LogP contribution in [-0.4, -0.2) is 4.57 Å². The Morgan fingerprint density at radius 3 is 2.79 bits per heavy atom. The number of aromatic nitrogens is 1. The Labute approximate surface area is 87.0 Å². The Balaban J connectivity index is 2.56. The highest BCUT2D eigenvalue weighted by Gasteiger charge is 2.01. The second kappa shape index (κ2) is 3.57. The molecule has 0 unspecified atom stereocenters. The first-order chi connectivity index (χ1) is 6.81. The minimum Gasteiger partial charge on any atom is -0.308 e. The van der Waals surface area contributed by atoms with Crippen molar-refractivity contribution in [2.75, 3.05) is 0 Å². The minimum atomic E-state index is 0.604.